The van der Waals surface area contributed by atoms with Crippen molar-refractivity contribution in [3.63, 3.8) is 0 Å². The molecule has 0 amide bonds. The molecule has 2 N–H and O–H groups in total. The van der Waals surface area contributed by atoms with Crippen LogP contribution >= 0.6 is 0 Å². The van der Waals surface area contributed by atoms with Gasteiger partial charge in [0.05, 0.1) is 35.2 Å². The maximum atomic E-state index is 14.8. The molecule has 380 valence electrons. The Balaban J connectivity index is 0.000000159. The number of carbonyl (C=O) groups is 2. The highest BCUT2D eigenvalue weighted by atomic mass is 19.1. The Labute approximate surface area is 425 Å². The minimum atomic E-state index is -0.964. The van der Waals surface area contributed by atoms with E-state index >= 15 is 0 Å². The van der Waals surface area contributed by atoms with Crippen molar-refractivity contribution in [2.75, 3.05) is 10.6 Å². The summed E-state index contributed by atoms with van der Waals surface area (Å²) in [5.41, 5.74) is 8.39. The number of halogens is 2. The molecule has 12 rings (SSSR count). The van der Waals surface area contributed by atoms with Crippen molar-refractivity contribution in [2.45, 2.75) is 126 Å². The van der Waals surface area contributed by atoms with Crippen LogP contribution in [0.25, 0.3) is 22.5 Å². The lowest BCUT2D eigenvalue weighted by Crippen LogP contribution is -2.10. The summed E-state index contributed by atoms with van der Waals surface area (Å²) in [7, 11) is 3.68. The van der Waals surface area contributed by atoms with Gasteiger partial charge in [-0.15, -0.1) is 0 Å². The van der Waals surface area contributed by atoms with Gasteiger partial charge in [-0.1, -0.05) is 48.4 Å². The fraction of sp³-hybridized carbons (Fsp3) is 0.407. The minimum absolute atomic E-state index is 0.0906. The van der Waals surface area contributed by atoms with Crippen molar-refractivity contribution in [1.29, 1.82) is 0 Å². The summed E-state index contributed by atoms with van der Waals surface area (Å²) in [6, 6.07) is 15.6. The van der Waals surface area contributed by atoms with Gasteiger partial charge in [-0.2, -0.15) is 20.2 Å². The van der Waals surface area contributed by atoms with Gasteiger partial charge < -0.3 is 19.7 Å². The lowest BCUT2D eigenvalue weighted by atomic mass is 9.87. The molecule has 6 heterocycles. The lowest BCUT2D eigenvalue weighted by molar-refractivity contribution is 0.0950. The monoisotopic (exact) mass is 1000 g/mol. The number of benzene rings is 2. The topological polar surface area (TPSA) is 223 Å². The van der Waals surface area contributed by atoms with E-state index in [4.69, 9.17) is 9.05 Å². The highest BCUT2D eigenvalue weighted by Gasteiger charge is 2.46. The van der Waals surface area contributed by atoms with Gasteiger partial charge in [0.2, 0.25) is 46.9 Å². The molecular weight excluding hydrogens is 947 g/mol. The number of alkyl halides is 2. The molecule has 8 aromatic rings. The van der Waals surface area contributed by atoms with E-state index in [2.05, 4.69) is 74.9 Å². The zero-order chi connectivity index (χ0) is 51.1. The van der Waals surface area contributed by atoms with Crippen LogP contribution in [0.4, 0.5) is 32.1 Å². The standard InChI is InChI=1S/2C27H28FN7O2/c2*1-27(8-9-27)25-33-24(34-37-25)23(36)13-16-3-5-19(28)12-18-11-17(4-6-21(16)18)22-7-10-29-26(32-22)31-20-14-30-35(2)15-20/h2*4,6-7,10-11,14-16,19H,3,5,8-9,12-13H2,1-2H3,(H,29,31,32)/t2*16-,19-/m10/s1. The second-order valence-electron chi connectivity index (χ2n) is 20.8. The molecule has 6 aromatic heterocycles. The van der Waals surface area contributed by atoms with Crippen molar-refractivity contribution < 1.29 is 27.4 Å². The molecule has 20 heteroatoms. The fourth-order valence-corrected chi connectivity index (χ4v) is 9.85. The highest BCUT2D eigenvalue weighted by molar-refractivity contribution is 5.93. The van der Waals surface area contributed by atoms with E-state index in [-0.39, 0.29) is 58.7 Å². The van der Waals surface area contributed by atoms with E-state index in [1.54, 1.807) is 34.2 Å². The molecule has 4 aliphatic carbocycles. The fourth-order valence-electron chi connectivity index (χ4n) is 9.85. The van der Waals surface area contributed by atoms with Crippen molar-refractivity contribution in [1.82, 2.24) is 59.8 Å². The first kappa shape index (κ1) is 48.4. The molecule has 2 fully saturated rings. The summed E-state index contributed by atoms with van der Waals surface area (Å²) in [5.74, 6) is 1.66. The summed E-state index contributed by atoms with van der Waals surface area (Å²) in [5, 5.41) is 22.5. The van der Waals surface area contributed by atoms with Gasteiger partial charge in [0, 0.05) is 86.5 Å². The Morgan fingerprint density at radius 1 is 0.622 bits per heavy atom. The average molecular weight is 1000 g/mol. The van der Waals surface area contributed by atoms with Crippen LogP contribution in [-0.2, 0) is 37.8 Å². The van der Waals surface area contributed by atoms with E-state index in [1.165, 1.54) is 0 Å². The van der Waals surface area contributed by atoms with Crippen LogP contribution in [-0.4, -0.2) is 83.7 Å². The van der Waals surface area contributed by atoms with Crippen molar-refractivity contribution in [2.24, 2.45) is 14.1 Å². The van der Waals surface area contributed by atoms with Crippen molar-refractivity contribution in [3.05, 3.63) is 131 Å². The second-order valence-corrected chi connectivity index (χ2v) is 20.8. The molecule has 0 radical (unpaired) electrons. The quantitative estimate of drug-likeness (QED) is 0.0763. The number of anilines is 4. The number of hydrogen-bond donors (Lipinski definition) is 2. The normalized spacial score (nSPS) is 20.2. The van der Waals surface area contributed by atoms with Crippen LogP contribution in [0.1, 0.15) is 145 Å². The zero-order valence-electron chi connectivity index (χ0n) is 41.6. The molecule has 2 aromatic carbocycles. The molecule has 74 heavy (non-hydrogen) atoms. The highest BCUT2D eigenvalue weighted by Crippen LogP contribution is 2.48. The predicted octanol–water partition coefficient (Wildman–Crippen LogP) is 10.2. The van der Waals surface area contributed by atoms with Gasteiger partial charge in [0.1, 0.15) is 12.3 Å². The summed E-state index contributed by atoms with van der Waals surface area (Å²) in [6.07, 6.45) is 15.5. The van der Waals surface area contributed by atoms with Crippen molar-refractivity contribution >= 4 is 34.8 Å². The zero-order valence-corrected chi connectivity index (χ0v) is 41.6. The number of Topliss-reactive ketones (excluding diaryl/α,β-unsaturated/α-hetero) is 2. The largest absolute Gasteiger partial charge is 0.338 e. The summed E-state index contributed by atoms with van der Waals surface area (Å²) in [6.45, 7) is 4.12. The second kappa shape index (κ2) is 19.8. The van der Waals surface area contributed by atoms with Crippen LogP contribution in [0.5, 0.6) is 0 Å². The maximum Gasteiger partial charge on any atom is 0.238 e. The number of aryl methyl sites for hydroxylation is 2. The number of rotatable bonds is 14. The number of hydrogen-bond acceptors (Lipinski definition) is 16. The molecule has 0 aliphatic heterocycles. The van der Waals surface area contributed by atoms with Gasteiger partial charge >= 0.3 is 0 Å². The molecule has 0 bridgehead atoms. The molecular formula is C54H56F2N14O4. The Hall–Kier alpha value is -7.90. The molecule has 0 spiro atoms. The summed E-state index contributed by atoms with van der Waals surface area (Å²) >= 11 is 0. The number of nitrogens with zero attached hydrogens (tertiary/aromatic N) is 12. The van der Waals surface area contributed by atoms with Crippen LogP contribution < -0.4 is 10.6 Å². The lowest BCUT2D eigenvalue weighted by Gasteiger charge is -2.17. The first-order chi connectivity index (χ1) is 35.7. The molecule has 18 nitrogen and oxygen atoms in total. The third-order valence-corrected chi connectivity index (χ3v) is 14.8. The van der Waals surface area contributed by atoms with E-state index < -0.39 is 12.3 Å². The third kappa shape index (κ3) is 10.7. The van der Waals surface area contributed by atoms with E-state index in [0.717, 1.165) is 81.8 Å². The predicted molar refractivity (Wildman–Crippen MR) is 269 cm³/mol. The van der Waals surface area contributed by atoms with Crippen LogP contribution in [0.15, 0.2) is 94.8 Å². The molecule has 2 saturated carbocycles. The van der Waals surface area contributed by atoms with E-state index in [0.29, 0.717) is 62.2 Å². The number of fused-ring (bicyclic) bond motifs is 2. The average Bonchev–Trinajstić information content (AvgIpc) is 3.94. The number of carbonyl (C=O) groups excluding carboxylic acids is 2. The number of ketones is 2. The summed E-state index contributed by atoms with van der Waals surface area (Å²) < 4.78 is 43.7. The Morgan fingerprint density at radius 3 is 1.45 bits per heavy atom. The van der Waals surface area contributed by atoms with Crippen LogP contribution in [0.2, 0.25) is 0 Å². The first-order valence-electron chi connectivity index (χ1n) is 25.2. The van der Waals surface area contributed by atoms with E-state index in [1.807, 2.05) is 75.0 Å². The summed E-state index contributed by atoms with van der Waals surface area (Å²) in [4.78, 5) is 52.7. The molecule has 0 unspecified atom stereocenters. The Bertz CT molecular complexity index is 3140. The van der Waals surface area contributed by atoms with E-state index in [9.17, 15) is 18.4 Å². The number of aromatic nitrogens is 12. The van der Waals surface area contributed by atoms with Gasteiger partial charge in [-0.25, -0.2) is 28.7 Å². The van der Waals surface area contributed by atoms with Crippen LogP contribution in [0, 0.1) is 0 Å². The molecule has 4 atom stereocenters. The molecule has 0 saturated heterocycles. The Morgan fingerprint density at radius 2 is 1.05 bits per heavy atom. The SMILES string of the molecule is Cn1cc(Nc2nccc(-c3ccc4c(c3)C[C@@H](F)CC[C@H]4CC(=O)c3noc(C4(C)CC4)n3)n2)cn1.Cn1cc(Nc2nccc(-c3ccc4c(c3)C[C@H](F)CC[C@@H]4CC(=O)c3noc(C4(C)CC4)n3)n2)cn1. The Kier molecular flexibility index (Phi) is 13.0. The number of nitrogens with one attached hydrogen (secondary N) is 2. The van der Waals surface area contributed by atoms with Gasteiger partial charge in [-0.05, 0) is 110 Å². The minimum Gasteiger partial charge on any atom is -0.338 e. The smallest absolute Gasteiger partial charge is 0.238 e. The van der Waals surface area contributed by atoms with Crippen molar-refractivity contribution in [3.8, 4) is 22.5 Å². The van der Waals surface area contributed by atoms with Crippen LogP contribution in [0.3, 0.4) is 0 Å². The first-order valence-corrected chi connectivity index (χ1v) is 25.2. The van der Waals surface area contributed by atoms with Gasteiger partial charge in [-0.3, -0.25) is 19.0 Å². The molecule has 4 aliphatic rings. The maximum absolute atomic E-state index is 14.8. The van der Waals surface area contributed by atoms with Gasteiger partial charge in [0.25, 0.3) is 0 Å². The third-order valence-electron chi connectivity index (χ3n) is 14.8. The van der Waals surface area contributed by atoms with Gasteiger partial charge in [0.15, 0.2) is 0 Å².